The summed E-state index contributed by atoms with van der Waals surface area (Å²) in [4.78, 5) is 0. The lowest BCUT2D eigenvalue weighted by Crippen LogP contribution is -2.32. The lowest BCUT2D eigenvalue weighted by molar-refractivity contribution is -0.00823. The van der Waals surface area contributed by atoms with Crippen molar-refractivity contribution >= 4 is 0 Å². The van der Waals surface area contributed by atoms with Gasteiger partial charge >= 0.3 is 0 Å². The van der Waals surface area contributed by atoms with Crippen molar-refractivity contribution in [3.63, 3.8) is 0 Å². The van der Waals surface area contributed by atoms with Crippen molar-refractivity contribution in [3.8, 4) is 5.75 Å². The molecular weight excluding hydrogens is 296 g/mol. The third kappa shape index (κ3) is 3.44. The van der Waals surface area contributed by atoms with E-state index in [4.69, 9.17) is 9.47 Å². The highest BCUT2D eigenvalue weighted by Gasteiger charge is 2.34. The lowest BCUT2D eigenvalue weighted by atomic mass is 9.79. The molecule has 0 fully saturated rings. The van der Waals surface area contributed by atoms with Crippen LogP contribution in [0, 0.1) is 0 Å². The molecule has 2 aromatic carbocycles. The standard InChI is InChI=1S/C22H24O2/c1-3-15-24-22(4-2)14-8-11-19-16-20(12-13-21(19)22)23-17-18-9-6-5-7-10-18/h3-7,9-10,12-13,16H,1-2,8,11,14-15,17H2. The molecule has 0 saturated carbocycles. The van der Waals surface area contributed by atoms with E-state index in [0.717, 1.165) is 25.0 Å². The molecule has 2 nitrogen and oxygen atoms in total. The van der Waals surface area contributed by atoms with Crippen LogP contribution in [-0.2, 0) is 23.4 Å². The van der Waals surface area contributed by atoms with Crippen molar-refractivity contribution in [1.82, 2.24) is 0 Å². The zero-order valence-electron chi connectivity index (χ0n) is 14.0. The summed E-state index contributed by atoms with van der Waals surface area (Å²) in [6.45, 7) is 8.88. The zero-order chi connectivity index (χ0) is 16.8. The van der Waals surface area contributed by atoms with Crippen LogP contribution in [0.15, 0.2) is 73.8 Å². The molecule has 1 aliphatic carbocycles. The van der Waals surface area contributed by atoms with Gasteiger partial charge in [-0.3, -0.25) is 0 Å². The molecule has 0 N–H and O–H groups in total. The smallest absolute Gasteiger partial charge is 0.120 e. The second-order valence-corrected chi connectivity index (χ2v) is 6.14. The topological polar surface area (TPSA) is 18.5 Å². The van der Waals surface area contributed by atoms with Crippen molar-refractivity contribution in [3.05, 3.63) is 90.5 Å². The van der Waals surface area contributed by atoms with Crippen LogP contribution < -0.4 is 4.74 Å². The Morgan fingerprint density at radius 3 is 2.67 bits per heavy atom. The van der Waals surface area contributed by atoms with Crippen LogP contribution in [0.25, 0.3) is 0 Å². The Kier molecular flexibility index (Phi) is 5.17. The maximum atomic E-state index is 6.09. The van der Waals surface area contributed by atoms with Gasteiger partial charge in [0.2, 0.25) is 0 Å². The van der Waals surface area contributed by atoms with Crippen molar-refractivity contribution < 1.29 is 9.47 Å². The second kappa shape index (κ2) is 7.50. The number of aryl methyl sites for hydroxylation is 1. The van der Waals surface area contributed by atoms with E-state index < -0.39 is 5.60 Å². The third-order valence-electron chi connectivity index (χ3n) is 4.56. The molecular formula is C22H24O2. The van der Waals surface area contributed by atoms with Crippen LogP contribution in [-0.4, -0.2) is 6.61 Å². The van der Waals surface area contributed by atoms with Gasteiger partial charge in [0, 0.05) is 0 Å². The minimum atomic E-state index is -0.403. The molecule has 0 heterocycles. The van der Waals surface area contributed by atoms with Gasteiger partial charge in [0.05, 0.1) is 6.61 Å². The van der Waals surface area contributed by atoms with Crippen LogP contribution >= 0.6 is 0 Å². The minimum absolute atomic E-state index is 0.403. The van der Waals surface area contributed by atoms with Crippen molar-refractivity contribution in [1.29, 1.82) is 0 Å². The van der Waals surface area contributed by atoms with Gasteiger partial charge in [0.25, 0.3) is 0 Å². The first-order chi connectivity index (χ1) is 11.8. The Hall–Kier alpha value is -2.32. The van der Waals surface area contributed by atoms with E-state index in [1.165, 1.54) is 16.7 Å². The fraction of sp³-hybridized carbons (Fsp3) is 0.273. The summed E-state index contributed by atoms with van der Waals surface area (Å²) < 4.78 is 12.0. The first-order valence-corrected chi connectivity index (χ1v) is 8.46. The molecule has 0 aromatic heterocycles. The quantitative estimate of drug-likeness (QED) is 0.654. The third-order valence-corrected chi connectivity index (χ3v) is 4.56. The first kappa shape index (κ1) is 16.5. The first-order valence-electron chi connectivity index (χ1n) is 8.46. The average Bonchev–Trinajstić information content (AvgIpc) is 2.65. The van der Waals surface area contributed by atoms with E-state index in [1.807, 2.05) is 30.3 Å². The number of hydrogen-bond donors (Lipinski definition) is 0. The average molecular weight is 320 g/mol. The summed E-state index contributed by atoms with van der Waals surface area (Å²) in [6.07, 6.45) is 6.81. The number of hydrogen-bond acceptors (Lipinski definition) is 2. The summed E-state index contributed by atoms with van der Waals surface area (Å²) >= 11 is 0. The molecule has 3 rings (SSSR count). The van der Waals surface area contributed by atoms with Crippen molar-refractivity contribution in [2.45, 2.75) is 31.5 Å². The SMILES string of the molecule is C=CCOC1(C=C)CCCc2cc(OCc3ccccc3)ccc21. The summed E-state index contributed by atoms with van der Waals surface area (Å²) in [5.41, 5.74) is 3.26. The largest absolute Gasteiger partial charge is 0.489 e. The van der Waals surface area contributed by atoms with Gasteiger partial charge in [0.15, 0.2) is 0 Å². The van der Waals surface area contributed by atoms with Crippen LogP contribution in [0.5, 0.6) is 5.75 Å². The molecule has 1 atom stereocenters. The fourth-order valence-corrected chi connectivity index (χ4v) is 3.33. The van der Waals surface area contributed by atoms with E-state index in [2.05, 4.69) is 37.4 Å². The minimum Gasteiger partial charge on any atom is -0.489 e. The number of rotatable bonds is 7. The summed E-state index contributed by atoms with van der Waals surface area (Å²) in [7, 11) is 0. The molecule has 0 saturated heterocycles. The molecule has 0 spiro atoms. The molecule has 0 radical (unpaired) electrons. The molecule has 0 amide bonds. The van der Waals surface area contributed by atoms with Crippen LogP contribution in [0.2, 0.25) is 0 Å². The predicted molar refractivity (Wildman–Crippen MR) is 98.2 cm³/mol. The lowest BCUT2D eigenvalue weighted by Gasteiger charge is -2.36. The second-order valence-electron chi connectivity index (χ2n) is 6.14. The fourth-order valence-electron chi connectivity index (χ4n) is 3.33. The van der Waals surface area contributed by atoms with E-state index in [0.29, 0.717) is 13.2 Å². The highest BCUT2D eigenvalue weighted by Crippen LogP contribution is 2.40. The highest BCUT2D eigenvalue weighted by atomic mass is 16.5. The maximum Gasteiger partial charge on any atom is 0.120 e. The van der Waals surface area contributed by atoms with Gasteiger partial charge in [-0.25, -0.2) is 0 Å². The summed E-state index contributed by atoms with van der Waals surface area (Å²) in [6, 6.07) is 16.5. The zero-order valence-corrected chi connectivity index (χ0v) is 14.0. The van der Waals surface area contributed by atoms with E-state index in [1.54, 1.807) is 6.08 Å². The predicted octanol–water partition coefficient (Wildman–Crippen LogP) is 5.19. The Bertz CT molecular complexity index is 705. The Labute approximate surface area is 144 Å². The Balaban J connectivity index is 1.80. The number of benzene rings is 2. The van der Waals surface area contributed by atoms with Gasteiger partial charge < -0.3 is 9.47 Å². The normalized spacial score (nSPS) is 19.3. The van der Waals surface area contributed by atoms with E-state index >= 15 is 0 Å². The molecule has 0 aliphatic heterocycles. The monoisotopic (exact) mass is 320 g/mol. The molecule has 2 heteroatoms. The summed E-state index contributed by atoms with van der Waals surface area (Å²) in [5.74, 6) is 0.904. The number of fused-ring (bicyclic) bond motifs is 1. The van der Waals surface area contributed by atoms with Crippen molar-refractivity contribution in [2.24, 2.45) is 0 Å². The molecule has 1 unspecified atom stereocenters. The highest BCUT2D eigenvalue weighted by molar-refractivity contribution is 5.43. The maximum absolute atomic E-state index is 6.09. The van der Waals surface area contributed by atoms with E-state index in [9.17, 15) is 0 Å². The molecule has 124 valence electrons. The molecule has 0 bridgehead atoms. The van der Waals surface area contributed by atoms with E-state index in [-0.39, 0.29) is 0 Å². The van der Waals surface area contributed by atoms with Crippen molar-refractivity contribution in [2.75, 3.05) is 6.61 Å². The van der Waals surface area contributed by atoms with Gasteiger partial charge in [-0.2, -0.15) is 0 Å². The van der Waals surface area contributed by atoms with Gasteiger partial charge in [0.1, 0.15) is 18.0 Å². The Morgan fingerprint density at radius 2 is 1.92 bits per heavy atom. The van der Waals surface area contributed by atoms with Crippen LogP contribution in [0.1, 0.15) is 29.5 Å². The summed E-state index contributed by atoms with van der Waals surface area (Å²) in [5, 5.41) is 0. The molecule has 1 aliphatic rings. The van der Waals surface area contributed by atoms with Crippen LogP contribution in [0.4, 0.5) is 0 Å². The van der Waals surface area contributed by atoms with Gasteiger partial charge in [-0.1, -0.05) is 55.1 Å². The molecule has 2 aromatic rings. The molecule has 24 heavy (non-hydrogen) atoms. The van der Waals surface area contributed by atoms with Gasteiger partial charge in [-0.05, 0) is 48.1 Å². The van der Waals surface area contributed by atoms with Crippen LogP contribution in [0.3, 0.4) is 0 Å². The number of ether oxygens (including phenoxy) is 2. The van der Waals surface area contributed by atoms with Gasteiger partial charge in [-0.15, -0.1) is 6.58 Å². The Morgan fingerprint density at radius 1 is 1.08 bits per heavy atom.